The molecule has 0 spiro atoms. The molecule has 5 nitrogen and oxygen atoms in total. The van der Waals surface area contributed by atoms with E-state index >= 15 is 0 Å². The summed E-state index contributed by atoms with van der Waals surface area (Å²) in [5.74, 6) is -2.54. The minimum Gasteiger partial charge on any atom is -0.480 e. The molecule has 2 N–H and O–H groups in total. The molecule has 22 heavy (non-hydrogen) atoms. The summed E-state index contributed by atoms with van der Waals surface area (Å²) in [6.45, 7) is 1.87. The number of Topliss-reactive ketones (excluding diaryl/α,β-unsaturated/α-hetero) is 1. The second kappa shape index (κ2) is 8.21. The van der Waals surface area contributed by atoms with E-state index in [9.17, 15) is 23.2 Å². The molecule has 1 aromatic carbocycles. The van der Waals surface area contributed by atoms with E-state index in [2.05, 4.69) is 0 Å². The highest BCUT2D eigenvalue weighted by molar-refractivity contribution is 5.98. The van der Waals surface area contributed by atoms with Crippen LogP contribution in [0.4, 0.5) is 8.78 Å². The largest absolute Gasteiger partial charge is 0.480 e. The van der Waals surface area contributed by atoms with E-state index in [4.69, 9.17) is 5.11 Å². The molecule has 120 valence electrons. The third kappa shape index (κ3) is 5.99. The van der Waals surface area contributed by atoms with Crippen molar-refractivity contribution < 1.29 is 28.3 Å². The smallest absolute Gasteiger partial charge is 0.326 e. The molecule has 0 aliphatic carbocycles. The standard InChI is InChI=1S/C15H17F2NO4/c1-9-2-4-10(5-3-9)12(19)6-7-14(20)18-11(15(21)22)8-13(16)17/h2-5,11,13H,6-8H2,1H3,(H,18,20)(H,21,22). The molecule has 7 heteroatoms. The van der Waals surface area contributed by atoms with Crippen molar-refractivity contribution in [2.24, 2.45) is 0 Å². The van der Waals surface area contributed by atoms with Crippen LogP contribution in [0, 0.1) is 6.92 Å². The van der Waals surface area contributed by atoms with Gasteiger partial charge in [-0.25, -0.2) is 13.6 Å². The first kappa shape index (κ1) is 17.7. The van der Waals surface area contributed by atoms with Crippen molar-refractivity contribution in [2.45, 2.75) is 38.7 Å². The number of carbonyl (C=O) groups excluding carboxylic acids is 2. The highest BCUT2D eigenvalue weighted by atomic mass is 19.3. The highest BCUT2D eigenvalue weighted by Gasteiger charge is 2.24. The Balaban J connectivity index is 2.49. The van der Waals surface area contributed by atoms with Crippen molar-refractivity contribution in [1.82, 2.24) is 5.32 Å². The van der Waals surface area contributed by atoms with Gasteiger partial charge in [-0.05, 0) is 6.92 Å². The van der Waals surface area contributed by atoms with Crippen LogP contribution in [0.15, 0.2) is 24.3 Å². The average Bonchev–Trinajstić information content (AvgIpc) is 2.44. The summed E-state index contributed by atoms with van der Waals surface area (Å²) in [5, 5.41) is 10.7. The number of aliphatic carboxylic acids is 1. The van der Waals surface area contributed by atoms with Gasteiger partial charge < -0.3 is 10.4 Å². The van der Waals surface area contributed by atoms with Crippen molar-refractivity contribution >= 4 is 17.7 Å². The van der Waals surface area contributed by atoms with Crippen molar-refractivity contribution in [3.8, 4) is 0 Å². The molecule has 0 heterocycles. The van der Waals surface area contributed by atoms with Crippen molar-refractivity contribution in [3.05, 3.63) is 35.4 Å². The first-order chi connectivity index (χ1) is 10.3. The van der Waals surface area contributed by atoms with E-state index in [1.165, 1.54) is 0 Å². The van der Waals surface area contributed by atoms with Gasteiger partial charge in [0.05, 0.1) is 0 Å². The summed E-state index contributed by atoms with van der Waals surface area (Å²) < 4.78 is 24.4. The molecular weight excluding hydrogens is 296 g/mol. The number of hydrogen-bond donors (Lipinski definition) is 2. The third-order valence-corrected chi connectivity index (χ3v) is 3.00. The zero-order valence-corrected chi connectivity index (χ0v) is 12.0. The fraction of sp³-hybridized carbons (Fsp3) is 0.400. The lowest BCUT2D eigenvalue weighted by Crippen LogP contribution is -2.42. The SMILES string of the molecule is Cc1ccc(C(=O)CCC(=O)NC(CC(F)F)C(=O)O)cc1. The number of benzene rings is 1. The Labute approximate surface area is 126 Å². The number of aryl methyl sites for hydroxylation is 1. The Morgan fingerprint density at radius 3 is 2.23 bits per heavy atom. The molecule has 1 amide bonds. The molecule has 1 aromatic rings. The summed E-state index contributed by atoms with van der Waals surface area (Å²) in [6.07, 6.45) is -4.17. The molecule has 0 bridgehead atoms. The monoisotopic (exact) mass is 313 g/mol. The van der Waals surface area contributed by atoms with Crippen LogP contribution in [0.1, 0.15) is 35.2 Å². The van der Waals surface area contributed by atoms with Crippen LogP contribution in [-0.2, 0) is 9.59 Å². The maximum atomic E-state index is 12.2. The molecule has 0 fully saturated rings. The van der Waals surface area contributed by atoms with Crippen LogP contribution in [-0.4, -0.2) is 35.2 Å². The number of carboxylic acids is 1. The second-order valence-corrected chi connectivity index (χ2v) is 4.87. The van der Waals surface area contributed by atoms with Crippen LogP contribution < -0.4 is 5.32 Å². The maximum absolute atomic E-state index is 12.2. The van der Waals surface area contributed by atoms with Crippen LogP contribution in [0.2, 0.25) is 0 Å². The molecule has 0 saturated carbocycles. The highest BCUT2D eigenvalue weighted by Crippen LogP contribution is 2.09. The van der Waals surface area contributed by atoms with E-state index in [1.54, 1.807) is 24.3 Å². The van der Waals surface area contributed by atoms with Crippen molar-refractivity contribution in [3.63, 3.8) is 0 Å². The van der Waals surface area contributed by atoms with Crippen LogP contribution in [0.3, 0.4) is 0 Å². The number of ketones is 1. The summed E-state index contributed by atoms with van der Waals surface area (Å²) in [6, 6.07) is 5.13. The molecule has 1 rings (SSSR count). The van der Waals surface area contributed by atoms with Gasteiger partial charge in [0.2, 0.25) is 12.3 Å². The van der Waals surface area contributed by atoms with Gasteiger partial charge in [-0.1, -0.05) is 29.8 Å². The summed E-state index contributed by atoms with van der Waals surface area (Å²) in [4.78, 5) is 34.1. The topological polar surface area (TPSA) is 83.5 Å². The fourth-order valence-corrected chi connectivity index (χ4v) is 1.78. The van der Waals surface area contributed by atoms with Gasteiger partial charge in [0, 0.05) is 24.8 Å². The van der Waals surface area contributed by atoms with Gasteiger partial charge in [-0.2, -0.15) is 0 Å². The molecular formula is C15H17F2NO4. The van der Waals surface area contributed by atoms with E-state index in [0.717, 1.165) is 5.56 Å². The number of carboxylic acid groups (broad SMARTS) is 1. The Bertz CT molecular complexity index is 543. The predicted octanol–water partition coefficient (Wildman–Crippen LogP) is 2.18. The molecule has 1 unspecified atom stereocenters. The van der Waals surface area contributed by atoms with E-state index in [-0.39, 0.29) is 18.6 Å². The van der Waals surface area contributed by atoms with Gasteiger partial charge in [0.1, 0.15) is 6.04 Å². The normalized spacial score (nSPS) is 12.0. The predicted molar refractivity (Wildman–Crippen MR) is 74.9 cm³/mol. The lowest BCUT2D eigenvalue weighted by atomic mass is 10.0. The van der Waals surface area contributed by atoms with Gasteiger partial charge in [-0.3, -0.25) is 9.59 Å². The van der Waals surface area contributed by atoms with Gasteiger partial charge in [-0.15, -0.1) is 0 Å². The summed E-state index contributed by atoms with van der Waals surface area (Å²) in [7, 11) is 0. The van der Waals surface area contributed by atoms with Crippen LogP contribution in [0.25, 0.3) is 0 Å². The number of nitrogens with one attached hydrogen (secondary N) is 1. The number of halogens is 2. The van der Waals surface area contributed by atoms with Crippen molar-refractivity contribution in [1.29, 1.82) is 0 Å². The number of amides is 1. The number of carbonyl (C=O) groups is 3. The quantitative estimate of drug-likeness (QED) is 0.721. The van der Waals surface area contributed by atoms with Gasteiger partial charge >= 0.3 is 5.97 Å². The summed E-state index contributed by atoms with van der Waals surface area (Å²) >= 11 is 0. The Morgan fingerprint density at radius 2 is 1.73 bits per heavy atom. The maximum Gasteiger partial charge on any atom is 0.326 e. The van der Waals surface area contributed by atoms with Crippen molar-refractivity contribution in [2.75, 3.05) is 0 Å². The van der Waals surface area contributed by atoms with E-state index in [1.807, 2.05) is 12.2 Å². The van der Waals surface area contributed by atoms with E-state index < -0.39 is 30.8 Å². The zero-order chi connectivity index (χ0) is 16.7. The number of hydrogen-bond acceptors (Lipinski definition) is 3. The first-order valence-corrected chi connectivity index (χ1v) is 6.69. The molecule has 0 aliphatic heterocycles. The minimum absolute atomic E-state index is 0.115. The van der Waals surface area contributed by atoms with Gasteiger partial charge in [0.25, 0.3) is 0 Å². The fourth-order valence-electron chi connectivity index (χ4n) is 1.78. The first-order valence-electron chi connectivity index (χ1n) is 6.69. The average molecular weight is 313 g/mol. The molecule has 0 saturated heterocycles. The zero-order valence-electron chi connectivity index (χ0n) is 12.0. The third-order valence-electron chi connectivity index (χ3n) is 3.00. The number of rotatable bonds is 8. The Hall–Kier alpha value is -2.31. The van der Waals surface area contributed by atoms with Gasteiger partial charge in [0.15, 0.2) is 5.78 Å². The van der Waals surface area contributed by atoms with Crippen LogP contribution in [0.5, 0.6) is 0 Å². The summed E-state index contributed by atoms with van der Waals surface area (Å²) in [5.41, 5.74) is 1.44. The lowest BCUT2D eigenvalue weighted by molar-refractivity contribution is -0.143. The molecule has 0 aliphatic rings. The molecule has 0 radical (unpaired) electrons. The molecule has 0 aromatic heterocycles. The van der Waals surface area contributed by atoms with Crippen LogP contribution >= 0.6 is 0 Å². The van der Waals surface area contributed by atoms with E-state index in [0.29, 0.717) is 5.56 Å². The number of alkyl halides is 2. The second-order valence-electron chi connectivity index (χ2n) is 4.87. The minimum atomic E-state index is -2.84. The Morgan fingerprint density at radius 1 is 1.14 bits per heavy atom. The Kier molecular flexibility index (Phi) is 6.62. The lowest BCUT2D eigenvalue weighted by Gasteiger charge is -2.13. The molecule has 1 atom stereocenters.